The number of halogens is 1. The van der Waals surface area contributed by atoms with Gasteiger partial charge in [-0.25, -0.2) is 9.18 Å². The number of nitrogens with zero attached hydrogens (tertiary/aromatic N) is 1. The summed E-state index contributed by atoms with van der Waals surface area (Å²) in [6.45, 7) is -0.0106. The molecule has 1 fully saturated rings. The van der Waals surface area contributed by atoms with E-state index in [4.69, 9.17) is 5.11 Å². The molecule has 2 N–H and O–H groups in total. The van der Waals surface area contributed by atoms with E-state index in [9.17, 15) is 19.1 Å². The highest BCUT2D eigenvalue weighted by Crippen LogP contribution is 2.19. The summed E-state index contributed by atoms with van der Waals surface area (Å²) in [5.74, 6) is -2.08. The number of aliphatic hydroxyl groups excluding tert-OH is 1. The summed E-state index contributed by atoms with van der Waals surface area (Å²) >= 11 is 0. The first-order valence-corrected chi connectivity index (χ1v) is 6.12. The summed E-state index contributed by atoms with van der Waals surface area (Å²) in [6, 6.07) is 4.67. The van der Waals surface area contributed by atoms with Gasteiger partial charge in [-0.3, -0.25) is 4.79 Å². The number of aliphatic hydroxyl groups is 1. The fourth-order valence-corrected chi connectivity index (χ4v) is 2.16. The van der Waals surface area contributed by atoms with E-state index in [0.29, 0.717) is 5.56 Å². The minimum absolute atomic E-state index is 0.0106. The fourth-order valence-electron chi connectivity index (χ4n) is 2.16. The van der Waals surface area contributed by atoms with Crippen molar-refractivity contribution in [2.24, 2.45) is 0 Å². The second-order valence-corrected chi connectivity index (χ2v) is 4.62. The molecule has 1 aromatic carbocycles. The maximum atomic E-state index is 13.0. The van der Waals surface area contributed by atoms with Crippen LogP contribution in [0.15, 0.2) is 30.3 Å². The summed E-state index contributed by atoms with van der Waals surface area (Å²) in [6.07, 6.45) is 1.79. The molecule has 1 aliphatic rings. The van der Waals surface area contributed by atoms with Crippen molar-refractivity contribution in [3.63, 3.8) is 0 Å². The number of amides is 1. The predicted octanol–water partition coefficient (Wildman–Crippen LogP) is 0.885. The first-order chi connectivity index (χ1) is 9.47. The van der Waals surface area contributed by atoms with Gasteiger partial charge in [-0.05, 0) is 23.8 Å². The average molecular weight is 279 g/mol. The zero-order chi connectivity index (χ0) is 14.7. The van der Waals surface area contributed by atoms with Crippen LogP contribution in [0.3, 0.4) is 0 Å². The number of rotatable bonds is 3. The molecule has 0 aromatic heterocycles. The monoisotopic (exact) mass is 279 g/mol. The normalized spacial score (nSPS) is 22.4. The number of carbonyl (C=O) groups excluding carboxylic acids is 1. The number of hydrogen-bond donors (Lipinski definition) is 2. The van der Waals surface area contributed by atoms with Gasteiger partial charge in [-0.1, -0.05) is 12.1 Å². The molecule has 0 bridgehead atoms. The molecule has 0 unspecified atom stereocenters. The first-order valence-electron chi connectivity index (χ1n) is 6.12. The minimum Gasteiger partial charge on any atom is -0.480 e. The number of carboxylic acid groups (broad SMARTS) is 1. The number of likely N-dealkylation sites (tertiary alicyclic amines) is 1. The van der Waals surface area contributed by atoms with Crippen LogP contribution in [0.4, 0.5) is 4.39 Å². The van der Waals surface area contributed by atoms with Gasteiger partial charge in [0.2, 0.25) is 5.91 Å². The van der Waals surface area contributed by atoms with Crippen LogP contribution in [0, 0.1) is 5.82 Å². The molecule has 1 heterocycles. The molecular formula is C14H14FNO4. The molecule has 106 valence electrons. The van der Waals surface area contributed by atoms with Gasteiger partial charge in [0.05, 0.1) is 6.10 Å². The van der Waals surface area contributed by atoms with Crippen LogP contribution in [-0.4, -0.2) is 45.7 Å². The van der Waals surface area contributed by atoms with E-state index >= 15 is 0 Å². The number of β-amino-alcohol motifs (C(OH)–C–C–N with tert-alkyl or cyclic N) is 1. The molecule has 1 aromatic rings. The third kappa shape index (κ3) is 3.21. The van der Waals surface area contributed by atoms with Crippen molar-refractivity contribution in [1.29, 1.82) is 0 Å². The zero-order valence-electron chi connectivity index (χ0n) is 10.6. The minimum atomic E-state index is -1.14. The van der Waals surface area contributed by atoms with Crippen LogP contribution < -0.4 is 0 Å². The lowest BCUT2D eigenvalue weighted by molar-refractivity contribution is -0.146. The molecule has 0 aliphatic carbocycles. The highest BCUT2D eigenvalue weighted by atomic mass is 19.1. The standard InChI is InChI=1S/C14H14FNO4/c15-10-3-1-2-9(6-10)4-5-13(18)16-8-11(17)7-12(16)14(19)20/h1-6,11-12,17H,7-8H2,(H,19,20)/t11-,12+/m1/s1. The number of carbonyl (C=O) groups is 2. The Balaban J connectivity index is 2.09. The molecule has 0 spiro atoms. The van der Waals surface area contributed by atoms with Gasteiger partial charge in [-0.2, -0.15) is 0 Å². The molecule has 5 nitrogen and oxygen atoms in total. The van der Waals surface area contributed by atoms with E-state index in [1.165, 1.54) is 30.4 Å². The molecular weight excluding hydrogens is 265 g/mol. The maximum Gasteiger partial charge on any atom is 0.326 e. The van der Waals surface area contributed by atoms with Gasteiger partial charge in [0.1, 0.15) is 11.9 Å². The zero-order valence-corrected chi connectivity index (χ0v) is 10.6. The Morgan fingerprint density at radius 2 is 2.15 bits per heavy atom. The molecule has 2 atom stereocenters. The van der Waals surface area contributed by atoms with Gasteiger partial charge in [0.25, 0.3) is 0 Å². The van der Waals surface area contributed by atoms with Gasteiger partial charge in [0, 0.05) is 19.0 Å². The van der Waals surface area contributed by atoms with Crippen molar-refractivity contribution in [3.05, 3.63) is 41.7 Å². The van der Waals surface area contributed by atoms with Gasteiger partial charge >= 0.3 is 5.97 Å². The lowest BCUT2D eigenvalue weighted by atomic mass is 10.2. The van der Waals surface area contributed by atoms with Crippen molar-refractivity contribution in [2.75, 3.05) is 6.54 Å². The molecule has 0 saturated carbocycles. The Hall–Kier alpha value is -2.21. The van der Waals surface area contributed by atoms with Gasteiger partial charge in [0.15, 0.2) is 0 Å². The van der Waals surface area contributed by atoms with E-state index in [-0.39, 0.29) is 13.0 Å². The Bertz CT molecular complexity index is 558. The molecule has 1 aliphatic heterocycles. The second kappa shape index (κ2) is 5.83. The molecule has 2 rings (SSSR count). The highest BCUT2D eigenvalue weighted by molar-refractivity contribution is 5.94. The van der Waals surface area contributed by atoms with E-state index < -0.39 is 29.8 Å². The predicted molar refractivity (Wildman–Crippen MR) is 69.2 cm³/mol. The SMILES string of the molecule is O=C(O)[C@@H]1C[C@@H](O)CN1C(=O)C=Cc1cccc(F)c1. The van der Waals surface area contributed by atoms with Crippen LogP contribution in [0.5, 0.6) is 0 Å². The Morgan fingerprint density at radius 3 is 2.80 bits per heavy atom. The first kappa shape index (κ1) is 14.2. The lowest BCUT2D eigenvalue weighted by Crippen LogP contribution is -2.39. The molecule has 6 heteroatoms. The summed E-state index contributed by atoms with van der Waals surface area (Å²) in [5, 5.41) is 18.5. The van der Waals surface area contributed by atoms with Crippen LogP contribution in [-0.2, 0) is 9.59 Å². The van der Waals surface area contributed by atoms with Crippen LogP contribution in [0.2, 0.25) is 0 Å². The summed E-state index contributed by atoms with van der Waals surface area (Å²) < 4.78 is 13.0. The van der Waals surface area contributed by atoms with E-state index in [0.717, 1.165) is 4.90 Å². The fraction of sp³-hybridized carbons (Fsp3) is 0.286. The highest BCUT2D eigenvalue weighted by Gasteiger charge is 2.37. The number of hydrogen-bond acceptors (Lipinski definition) is 3. The summed E-state index contributed by atoms with van der Waals surface area (Å²) in [7, 11) is 0. The largest absolute Gasteiger partial charge is 0.480 e. The van der Waals surface area contributed by atoms with Crippen LogP contribution in [0.1, 0.15) is 12.0 Å². The van der Waals surface area contributed by atoms with E-state index in [1.807, 2.05) is 0 Å². The maximum absolute atomic E-state index is 13.0. The Morgan fingerprint density at radius 1 is 1.40 bits per heavy atom. The van der Waals surface area contributed by atoms with Gasteiger partial charge < -0.3 is 15.1 Å². The second-order valence-electron chi connectivity index (χ2n) is 4.62. The van der Waals surface area contributed by atoms with Crippen molar-refractivity contribution in [2.45, 2.75) is 18.6 Å². The van der Waals surface area contributed by atoms with Crippen molar-refractivity contribution in [1.82, 2.24) is 4.90 Å². The summed E-state index contributed by atoms with van der Waals surface area (Å²) in [5.41, 5.74) is 0.505. The molecule has 0 radical (unpaired) electrons. The Kier molecular flexibility index (Phi) is 4.14. The van der Waals surface area contributed by atoms with Crippen molar-refractivity contribution in [3.8, 4) is 0 Å². The van der Waals surface area contributed by atoms with Crippen LogP contribution >= 0.6 is 0 Å². The third-order valence-electron chi connectivity index (χ3n) is 3.11. The topological polar surface area (TPSA) is 77.8 Å². The van der Waals surface area contributed by atoms with E-state index in [2.05, 4.69) is 0 Å². The molecule has 1 saturated heterocycles. The number of aliphatic carboxylic acids is 1. The number of benzene rings is 1. The smallest absolute Gasteiger partial charge is 0.326 e. The summed E-state index contributed by atoms with van der Waals surface area (Å²) in [4.78, 5) is 24.0. The van der Waals surface area contributed by atoms with Gasteiger partial charge in [-0.15, -0.1) is 0 Å². The van der Waals surface area contributed by atoms with Crippen molar-refractivity contribution < 1.29 is 24.2 Å². The Labute approximate surface area is 114 Å². The van der Waals surface area contributed by atoms with Crippen LogP contribution in [0.25, 0.3) is 6.08 Å². The molecule has 20 heavy (non-hydrogen) atoms. The third-order valence-corrected chi connectivity index (χ3v) is 3.11. The lowest BCUT2D eigenvalue weighted by Gasteiger charge is -2.19. The average Bonchev–Trinajstić information content (AvgIpc) is 2.78. The quantitative estimate of drug-likeness (QED) is 0.805. The van der Waals surface area contributed by atoms with E-state index in [1.54, 1.807) is 6.07 Å². The van der Waals surface area contributed by atoms with Crippen molar-refractivity contribution >= 4 is 18.0 Å². The molecule has 1 amide bonds. The number of carboxylic acids is 1.